The maximum Gasteiger partial charge on any atom is 0.244 e. The molecule has 1 fully saturated rings. The van der Waals surface area contributed by atoms with Crippen LogP contribution in [0.4, 0.5) is 4.39 Å². The molecule has 0 bridgehead atoms. The summed E-state index contributed by atoms with van der Waals surface area (Å²) in [4.78, 5) is 12.6. The molecule has 0 radical (unpaired) electrons. The van der Waals surface area contributed by atoms with Crippen molar-refractivity contribution in [2.24, 2.45) is 11.0 Å². The van der Waals surface area contributed by atoms with Gasteiger partial charge < -0.3 is 0 Å². The summed E-state index contributed by atoms with van der Waals surface area (Å²) >= 11 is 0.927. The SMILES string of the molecule is CCS(=O)(=O)N1CCC[C@H](C(=O)N/N=C\c2ccc(F)s2)C1. The van der Waals surface area contributed by atoms with E-state index in [1.807, 2.05) is 0 Å². The fraction of sp³-hybridized carbons (Fsp3) is 0.538. The van der Waals surface area contributed by atoms with Crippen LogP contribution in [0, 0.1) is 11.0 Å². The Morgan fingerprint density at radius 3 is 3.00 bits per heavy atom. The fourth-order valence-electron chi connectivity index (χ4n) is 2.24. The molecule has 1 amide bonds. The predicted molar refractivity (Wildman–Crippen MR) is 83.8 cm³/mol. The van der Waals surface area contributed by atoms with Gasteiger partial charge in [-0.2, -0.15) is 9.49 Å². The average molecular weight is 347 g/mol. The van der Waals surface area contributed by atoms with Gasteiger partial charge >= 0.3 is 0 Å². The molecule has 22 heavy (non-hydrogen) atoms. The normalized spacial score (nSPS) is 20.4. The van der Waals surface area contributed by atoms with E-state index in [0.717, 1.165) is 11.3 Å². The van der Waals surface area contributed by atoms with Crippen molar-refractivity contribution in [2.45, 2.75) is 19.8 Å². The first-order valence-electron chi connectivity index (χ1n) is 6.98. The highest BCUT2D eigenvalue weighted by molar-refractivity contribution is 7.89. The number of piperidine rings is 1. The number of hydrazone groups is 1. The van der Waals surface area contributed by atoms with E-state index in [9.17, 15) is 17.6 Å². The third-order valence-corrected chi connectivity index (χ3v) is 6.13. The first kappa shape index (κ1) is 17.0. The zero-order valence-electron chi connectivity index (χ0n) is 12.2. The summed E-state index contributed by atoms with van der Waals surface area (Å²) in [5, 5.41) is 3.47. The molecule has 6 nitrogen and oxygen atoms in total. The molecule has 0 spiro atoms. The fourth-order valence-corrected chi connectivity index (χ4v) is 4.02. The van der Waals surface area contributed by atoms with Gasteiger partial charge in [-0.25, -0.2) is 18.1 Å². The summed E-state index contributed by atoms with van der Waals surface area (Å²) in [6, 6.07) is 2.88. The molecule has 1 aliphatic rings. The monoisotopic (exact) mass is 347 g/mol. The van der Waals surface area contributed by atoms with Crippen LogP contribution in [0.25, 0.3) is 0 Å². The van der Waals surface area contributed by atoms with Crippen LogP contribution in [0.5, 0.6) is 0 Å². The van der Waals surface area contributed by atoms with Crippen LogP contribution in [0.15, 0.2) is 17.2 Å². The van der Waals surface area contributed by atoms with E-state index in [1.54, 1.807) is 13.0 Å². The molecule has 122 valence electrons. The zero-order chi connectivity index (χ0) is 16.2. The summed E-state index contributed by atoms with van der Waals surface area (Å²) in [6.45, 7) is 2.23. The summed E-state index contributed by atoms with van der Waals surface area (Å²) in [6.07, 6.45) is 2.65. The first-order chi connectivity index (χ1) is 10.4. The lowest BCUT2D eigenvalue weighted by Crippen LogP contribution is -2.45. The Bertz CT molecular complexity index is 657. The Hall–Kier alpha value is -1.32. The third kappa shape index (κ3) is 4.34. The zero-order valence-corrected chi connectivity index (χ0v) is 13.8. The van der Waals surface area contributed by atoms with Crippen molar-refractivity contribution in [1.29, 1.82) is 0 Å². The maximum absolute atomic E-state index is 12.8. The van der Waals surface area contributed by atoms with Crippen molar-refractivity contribution in [2.75, 3.05) is 18.8 Å². The predicted octanol–water partition coefficient (Wildman–Crippen LogP) is 1.40. The largest absolute Gasteiger partial charge is 0.273 e. The van der Waals surface area contributed by atoms with Gasteiger partial charge in [-0.1, -0.05) is 0 Å². The summed E-state index contributed by atoms with van der Waals surface area (Å²) < 4.78 is 37.9. The number of sulfonamides is 1. The highest BCUT2D eigenvalue weighted by Crippen LogP contribution is 2.19. The number of carbonyl (C=O) groups is 1. The molecule has 2 rings (SSSR count). The van der Waals surface area contributed by atoms with Crippen LogP contribution in [-0.2, 0) is 14.8 Å². The number of rotatable bonds is 5. The minimum absolute atomic E-state index is 0.0312. The van der Waals surface area contributed by atoms with Gasteiger partial charge in [0.15, 0.2) is 5.13 Å². The molecule has 1 saturated heterocycles. The van der Waals surface area contributed by atoms with Crippen molar-refractivity contribution >= 4 is 33.5 Å². The van der Waals surface area contributed by atoms with Gasteiger partial charge in [0.25, 0.3) is 0 Å². The molecule has 1 N–H and O–H groups in total. The van der Waals surface area contributed by atoms with Crippen LogP contribution in [0.1, 0.15) is 24.6 Å². The van der Waals surface area contributed by atoms with Gasteiger partial charge in [0.2, 0.25) is 15.9 Å². The molecular weight excluding hydrogens is 329 g/mol. The second-order valence-electron chi connectivity index (χ2n) is 4.97. The smallest absolute Gasteiger partial charge is 0.244 e. The van der Waals surface area contributed by atoms with E-state index in [0.29, 0.717) is 24.3 Å². The maximum atomic E-state index is 12.8. The molecule has 0 aromatic carbocycles. The Labute approximate surface area is 133 Å². The molecule has 0 saturated carbocycles. The van der Waals surface area contributed by atoms with Gasteiger partial charge in [0, 0.05) is 13.1 Å². The number of carbonyl (C=O) groups excluding carboxylic acids is 1. The molecular formula is C13H18FN3O3S2. The molecule has 0 aliphatic carbocycles. The second kappa shape index (κ2) is 7.30. The number of thiophene rings is 1. The number of amides is 1. The van der Waals surface area contributed by atoms with Crippen LogP contribution >= 0.6 is 11.3 Å². The number of nitrogens with zero attached hydrogens (tertiary/aromatic N) is 2. The topological polar surface area (TPSA) is 78.8 Å². The van der Waals surface area contributed by atoms with Crippen LogP contribution in [-0.4, -0.2) is 43.7 Å². The number of hydrogen-bond donors (Lipinski definition) is 1. The van der Waals surface area contributed by atoms with Gasteiger partial charge in [0.1, 0.15) is 0 Å². The number of halogens is 1. The minimum atomic E-state index is -3.27. The van der Waals surface area contributed by atoms with Crippen LogP contribution in [0.3, 0.4) is 0 Å². The van der Waals surface area contributed by atoms with Crippen molar-refractivity contribution in [1.82, 2.24) is 9.73 Å². The van der Waals surface area contributed by atoms with Crippen LogP contribution in [0.2, 0.25) is 0 Å². The molecule has 1 atom stereocenters. The Kier molecular flexibility index (Phi) is 5.65. The summed E-state index contributed by atoms with van der Waals surface area (Å²) in [7, 11) is -3.27. The standard InChI is InChI=1S/C13H18FN3O3S2/c1-2-22(19,20)17-7-3-4-10(9-17)13(18)16-15-8-11-5-6-12(14)21-11/h5-6,8,10H,2-4,7,9H2,1H3,(H,16,18)/b15-8-/t10-/m0/s1. The summed E-state index contributed by atoms with van der Waals surface area (Å²) in [5.41, 5.74) is 2.39. The lowest BCUT2D eigenvalue weighted by molar-refractivity contribution is -0.126. The average Bonchev–Trinajstić information content (AvgIpc) is 2.92. The van der Waals surface area contributed by atoms with E-state index in [-0.39, 0.29) is 23.3 Å². The van der Waals surface area contributed by atoms with Crippen molar-refractivity contribution in [3.8, 4) is 0 Å². The quantitative estimate of drug-likeness (QED) is 0.646. The Morgan fingerprint density at radius 2 is 2.36 bits per heavy atom. The lowest BCUT2D eigenvalue weighted by atomic mass is 9.99. The van der Waals surface area contributed by atoms with Crippen LogP contribution < -0.4 is 5.43 Å². The summed E-state index contributed by atoms with van der Waals surface area (Å²) in [5.74, 6) is -0.694. The molecule has 9 heteroatoms. The molecule has 0 unspecified atom stereocenters. The van der Waals surface area contributed by atoms with E-state index >= 15 is 0 Å². The van der Waals surface area contributed by atoms with Gasteiger partial charge in [0.05, 0.1) is 22.8 Å². The first-order valence-corrected chi connectivity index (χ1v) is 9.41. The number of hydrogen-bond acceptors (Lipinski definition) is 5. The second-order valence-corrected chi connectivity index (χ2v) is 8.30. The van der Waals surface area contributed by atoms with E-state index in [4.69, 9.17) is 0 Å². The van der Waals surface area contributed by atoms with E-state index < -0.39 is 15.9 Å². The highest BCUT2D eigenvalue weighted by Gasteiger charge is 2.31. The molecule has 1 aromatic rings. The Balaban J connectivity index is 1.91. The molecule has 1 aliphatic heterocycles. The highest BCUT2D eigenvalue weighted by atomic mass is 32.2. The molecule has 2 heterocycles. The molecule has 1 aromatic heterocycles. The van der Waals surface area contributed by atoms with Crippen molar-refractivity contribution in [3.05, 3.63) is 22.1 Å². The van der Waals surface area contributed by atoms with Crippen molar-refractivity contribution in [3.63, 3.8) is 0 Å². The van der Waals surface area contributed by atoms with Gasteiger partial charge in [-0.3, -0.25) is 4.79 Å². The minimum Gasteiger partial charge on any atom is -0.273 e. The van der Waals surface area contributed by atoms with Gasteiger partial charge in [-0.15, -0.1) is 11.3 Å². The Morgan fingerprint density at radius 1 is 1.59 bits per heavy atom. The van der Waals surface area contributed by atoms with Gasteiger partial charge in [-0.05, 0) is 31.9 Å². The lowest BCUT2D eigenvalue weighted by Gasteiger charge is -2.30. The number of nitrogens with one attached hydrogen (secondary N) is 1. The van der Waals surface area contributed by atoms with E-state index in [1.165, 1.54) is 16.6 Å². The van der Waals surface area contributed by atoms with E-state index in [2.05, 4.69) is 10.5 Å². The van der Waals surface area contributed by atoms with Crippen molar-refractivity contribution < 1.29 is 17.6 Å². The third-order valence-electron chi connectivity index (χ3n) is 3.47.